The third-order valence-corrected chi connectivity index (χ3v) is 3.45. The first-order valence-corrected chi connectivity index (χ1v) is 6.96. The van der Waals surface area contributed by atoms with E-state index >= 15 is 0 Å². The molecule has 0 amide bonds. The van der Waals surface area contributed by atoms with E-state index in [4.69, 9.17) is 5.73 Å². The molecule has 0 saturated heterocycles. The lowest BCUT2D eigenvalue weighted by Crippen LogP contribution is -2.33. The number of guanidine groups is 1. The molecule has 2 unspecified atom stereocenters. The molecular weight excluding hydrogens is 214 g/mol. The molecule has 0 aliphatic heterocycles. The maximum absolute atomic E-state index is 9.64. The summed E-state index contributed by atoms with van der Waals surface area (Å²) in [6.45, 7) is 3.77. The van der Waals surface area contributed by atoms with E-state index in [1.165, 1.54) is 19.3 Å². The highest BCUT2D eigenvalue weighted by atomic mass is 16.3. The topological polar surface area (TPSA) is 70.6 Å². The Morgan fingerprint density at radius 3 is 2.82 bits per heavy atom. The second-order valence-electron chi connectivity index (χ2n) is 4.97. The molecule has 0 aromatic rings. The summed E-state index contributed by atoms with van der Waals surface area (Å²) in [5.74, 6) is 0.844. The summed E-state index contributed by atoms with van der Waals surface area (Å²) in [5.41, 5.74) is 5.77. The van der Waals surface area contributed by atoms with Crippen LogP contribution in [0.15, 0.2) is 4.99 Å². The summed E-state index contributed by atoms with van der Waals surface area (Å²) in [6, 6.07) is 0. The minimum Gasteiger partial charge on any atom is -0.393 e. The second kappa shape index (κ2) is 8.34. The number of nitrogens with two attached hydrogens (primary N) is 1. The predicted octanol–water partition coefficient (Wildman–Crippen LogP) is 1.63. The Bertz CT molecular complexity index is 231. The normalized spacial score (nSPS) is 25.2. The van der Waals surface area contributed by atoms with Gasteiger partial charge in [-0.25, -0.2) is 0 Å². The van der Waals surface area contributed by atoms with E-state index in [1.807, 2.05) is 0 Å². The minimum atomic E-state index is -0.170. The lowest BCUT2D eigenvalue weighted by molar-refractivity contribution is 0.136. The molecule has 0 heterocycles. The monoisotopic (exact) mass is 241 g/mol. The number of aliphatic hydroxyl groups is 1. The highest BCUT2D eigenvalue weighted by Crippen LogP contribution is 2.25. The van der Waals surface area contributed by atoms with Gasteiger partial charge in [0.25, 0.3) is 0 Å². The van der Waals surface area contributed by atoms with E-state index in [1.54, 1.807) is 0 Å². The van der Waals surface area contributed by atoms with Gasteiger partial charge in [-0.2, -0.15) is 0 Å². The molecule has 17 heavy (non-hydrogen) atoms. The maximum atomic E-state index is 9.64. The van der Waals surface area contributed by atoms with Gasteiger partial charge >= 0.3 is 0 Å². The van der Waals surface area contributed by atoms with Gasteiger partial charge in [0.1, 0.15) is 0 Å². The highest BCUT2D eigenvalue weighted by molar-refractivity contribution is 5.77. The molecule has 1 fully saturated rings. The van der Waals surface area contributed by atoms with Crippen LogP contribution in [0.1, 0.15) is 51.9 Å². The van der Waals surface area contributed by atoms with Crippen LogP contribution in [0.5, 0.6) is 0 Å². The molecule has 0 spiro atoms. The Kier molecular flexibility index (Phi) is 7.01. The number of hydrogen-bond donors (Lipinski definition) is 3. The van der Waals surface area contributed by atoms with Gasteiger partial charge in [0, 0.05) is 19.0 Å². The SMILES string of the molecule is CCCCCCNC(N)=NCC1CCCC1O. The standard InChI is InChI=1S/C13H27N3O/c1-2-3-4-5-9-15-13(14)16-10-11-7-6-8-12(11)17/h11-12,17H,2-10H2,1H3,(H3,14,15,16). The van der Waals surface area contributed by atoms with Crippen LogP contribution in [0.4, 0.5) is 0 Å². The highest BCUT2D eigenvalue weighted by Gasteiger charge is 2.24. The van der Waals surface area contributed by atoms with Crippen molar-refractivity contribution in [2.45, 2.75) is 58.0 Å². The third-order valence-electron chi connectivity index (χ3n) is 3.45. The van der Waals surface area contributed by atoms with Crippen molar-refractivity contribution in [2.75, 3.05) is 13.1 Å². The zero-order valence-electron chi connectivity index (χ0n) is 11.0. The Labute approximate surface area is 105 Å². The number of nitrogens with zero attached hydrogens (tertiary/aromatic N) is 1. The average Bonchev–Trinajstić information content (AvgIpc) is 2.72. The zero-order chi connectivity index (χ0) is 12.5. The summed E-state index contributed by atoms with van der Waals surface area (Å²) in [7, 11) is 0. The van der Waals surface area contributed by atoms with Crippen molar-refractivity contribution in [3.8, 4) is 0 Å². The van der Waals surface area contributed by atoms with E-state index in [2.05, 4.69) is 17.2 Å². The molecule has 0 aromatic heterocycles. The Morgan fingerprint density at radius 2 is 2.18 bits per heavy atom. The lowest BCUT2D eigenvalue weighted by atomic mass is 10.1. The van der Waals surface area contributed by atoms with Gasteiger partial charge in [-0.15, -0.1) is 0 Å². The van der Waals surface area contributed by atoms with Crippen LogP contribution in [0.2, 0.25) is 0 Å². The summed E-state index contributed by atoms with van der Waals surface area (Å²) < 4.78 is 0. The van der Waals surface area contributed by atoms with Crippen LogP contribution in [-0.4, -0.2) is 30.3 Å². The largest absolute Gasteiger partial charge is 0.393 e. The quantitative estimate of drug-likeness (QED) is 0.360. The maximum Gasteiger partial charge on any atom is 0.188 e. The molecule has 2 atom stereocenters. The lowest BCUT2D eigenvalue weighted by Gasteiger charge is -2.12. The Balaban J connectivity index is 2.07. The van der Waals surface area contributed by atoms with Crippen molar-refractivity contribution in [1.82, 2.24) is 5.32 Å². The van der Waals surface area contributed by atoms with Crippen molar-refractivity contribution < 1.29 is 5.11 Å². The van der Waals surface area contributed by atoms with Crippen LogP contribution in [0.25, 0.3) is 0 Å². The van der Waals surface area contributed by atoms with Crippen LogP contribution in [0, 0.1) is 5.92 Å². The molecule has 0 aromatic carbocycles. The smallest absolute Gasteiger partial charge is 0.188 e. The van der Waals surface area contributed by atoms with Crippen molar-refractivity contribution in [2.24, 2.45) is 16.6 Å². The van der Waals surface area contributed by atoms with Crippen molar-refractivity contribution >= 4 is 5.96 Å². The first kappa shape index (κ1) is 14.3. The van der Waals surface area contributed by atoms with E-state index in [0.29, 0.717) is 18.4 Å². The molecule has 1 rings (SSSR count). The fourth-order valence-corrected chi connectivity index (χ4v) is 2.27. The number of unbranched alkanes of at least 4 members (excludes halogenated alkanes) is 3. The van der Waals surface area contributed by atoms with E-state index in [9.17, 15) is 5.11 Å². The molecule has 0 bridgehead atoms. The minimum absolute atomic E-state index is 0.170. The molecule has 1 saturated carbocycles. The third kappa shape index (κ3) is 5.91. The predicted molar refractivity (Wildman–Crippen MR) is 72.0 cm³/mol. The van der Waals surface area contributed by atoms with Gasteiger partial charge in [0.05, 0.1) is 6.10 Å². The van der Waals surface area contributed by atoms with Crippen LogP contribution in [0.3, 0.4) is 0 Å². The fourth-order valence-electron chi connectivity index (χ4n) is 2.27. The molecule has 4 heteroatoms. The van der Waals surface area contributed by atoms with E-state index < -0.39 is 0 Å². The molecule has 1 aliphatic carbocycles. The van der Waals surface area contributed by atoms with Gasteiger partial charge in [-0.05, 0) is 19.3 Å². The summed E-state index contributed by atoms with van der Waals surface area (Å²) in [5, 5.41) is 12.8. The Hall–Kier alpha value is -0.770. The van der Waals surface area contributed by atoms with Gasteiger partial charge in [-0.3, -0.25) is 4.99 Å². The van der Waals surface area contributed by atoms with Crippen LogP contribution in [-0.2, 0) is 0 Å². The van der Waals surface area contributed by atoms with Crippen molar-refractivity contribution in [3.05, 3.63) is 0 Å². The molecule has 4 nitrogen and oxygen atoms in total. The second-order valence-corrected chi connectivity index (χ2v) is 4.97. The van der Waals surface area contributed by atoms with Gasteiger partial charge in [0.2, 0.25) is 0 Å². The van der Waals surface area contributed by atoms with E-state index in [-0.39, 0.29) is 6.10 Å². The molecule has 100 valence electrons. The molecular formula is C13H27N3O. The molecule has 0 radical (unpaired) electrons. The summed E-state index contributed by atoms with van der Waals surface area (Å²) in [6.07, 6.45) is 7.88. The van der Waals surface area contributed by atoms with Gasteiger partial charge in [0.15, 0.2) is 5.96 Å². The van der Waals surface area contributed by atoms with Gasteiger partial charge in [-0.1, -0.05) is 32.6 Å². The fraction of sp³-hybridized carbons (Fsp3) is 0.923. The summed E-state index contributed by atoms with van der Waals surface area (Å²) in [4.78, 5) is 4.30. The van der Waals surface area contributed by atoms with Crippen molar-refractivity contribution in [3.63, 3.8) is 0 Å². The van der Waals surface area contributed by atoms with E-state index in [0.717, 1.165) is 32.2 Å². The number of rotatable bonds is 7. The first-order valence-electron chi connectivity index (χ1n) is 6.96. The first-order chi connectivity index (χ1) is 8.24. The molecule has 4 N–H and O–H groups in total. The Morgan fingerprint density at radius 1 is 1.35 bits per heavy atom. The van der Waals surface area contributed by atoms with Crippen LogP contribution >= 0.6 is 0 Å². The van der Waals surface area contributed by atoms with Gasteiger partial charge < -0.3 is 16.2 Å². The van der Waals surface area contributed by atoms with Crippen LogP contribution < -0.4 is 11.1 Å². The number of aliphatic hydroxyl groups excluding tert-OH is 1. The molecule has 1 aliphatic rings. The van der Waals surface area contributed by atoms with Crippen molar-refractivity contribution in [1.29, 1.82) is 0 Å². The zero-order valence-corrected chi connectivity index (χ0v) is 11.0. The number of nitrogens with one attached hydrogen (secondary N) is 1. The number of hydrogen-bond acceptors (Lipinski definition) is 2. The average molecular weight is 241 g/mol. The number of aliphatic imine (C=N–C) groups is 1. The summed E-state index contributed by atoms with van der Waals surface area (Å²) >= 11 is 0.